The van der Waals surface area contributed by atoms with Crippen LogP contribution in [-0.2, 0) is 0 Å². The van der Waals surface area contributed by atoms with Crippen molar-refractivity contribution < 1.29 is 13.6 Å². The summed E-state index contributed by atoms with van der Waals surface area (Å²) in [5, 5.41) is 5.67. The molecule has 1 aromatic carbocycles. The Morgan fingerprint density at radius 2 is 2.05 bits per heavy atom. The van der Waals surface area contributed by atoms with Crippen LogP contribution >= 0.6 is 0 Å². The number of halogens is 2. The largest absolute Gasteiger partial charge is 0.350 e. The van der Waals surface area contributed by atoms with Gasteiger partial charge in [-0.25, -0.2) is 8.78 Å². The zero-order valence-corrected chi connectivity index (χ0v) is 11.6. The van der Waals surface area contributed by atoms with E-state index < -0.39 is 17.5 Å². The Bertz CT molecular complexity index is 553. The van der Waals surface area contributed by atoms with E-state index in [1.54, 1.807) is 13.8 Å². The molecule has 0 spiro atoms. The average Bonchev–Trinajstić information content (AvgIpc) is 2.41. The quantitative estimate of drug-likeness (QED) is 0.893. The Morgan fingerprint density at radius 1 is 1.30 bits per heavy atom. The van der Waals surface area contributed by atoms with Gasteiger partial charge in [-0.15, -0.1) is 0 Å². The zero-order chi connectivity index (χ0) is 14.7. The molecule has 5 heteroatoms. The molecule has 0 atom stereocenters. The molecule has 0 saturated carbocycles. The second-order valence-corrected chi connectivity index (χ2v) is 5.12. The SMILES string of the molecule is CC(C)NC(=O)c1cc(F)c(C2=CCNCC2)cc1F. The van der Waals surface area contributed by atoms with E-state index in [0.29, 0.717) is 13.0 Å². The van der Waals surface area contributed by atoms with Gasteiger partial charge in [-0.1, -0.05) is 6.08 Å². The lowest BCUT2D eigenvalue weighted by molar-refractivity contribution is 0.0938. The fourth-order valence-corrected chi connectivity index (χ4v) is 2.17. The van der Waals surface area contributed by atoms with Crippen molar-refractivity contribution in [2.45, 2.75) is 26.3 Å². The Labute approximate surface area is 117 Å². The number of benzene rings is 1. The number of carbonyl (C=O) groups is 1. The van der Waals surface area contributed by atoms with Gasteiger partial charge in [0.05, 0.1) is 5.56 Å². The number of carbonyl (C=O) groups excluding carboxylic acids is 1. The lowest BCUT2D eigenvalue weighted by Gasteiger charge is -2.16. The fourth-order valence-electron chi connectivity index (χ4n) is 2.17. The van der Waals surface area contributed by atoms with Crippen LogP contribution < -0.4 is 10.6 Å². The van der Waals surface area contributed by atoms with E-state index in [0.717, 1.165) is 24.3 Å². The van der Waals surface area contributed by atoms with Crippen molar-refractivity contribution in [3.05, 3.63) is 41.0 Å². The van der Waals surface area contributed by atoms with Crippen molar-refractivity contribution in [3.63, 3.8) is 0 Å². The molecule has 0 saturated heterocycles. The molecule has 0 unspecified atom stereocenters. The highest BCUT2D eigenvalue weighted by Crippen LogP contribution is 2.25. The van der Waals surface area contributed by atoms with Crippen LogP contribution in [0, 0.1) is 11.6 Å². The molecule has 0 aromatic heterocycles. The molecule has 2 N–H and O–H groups in total. The van der Waals surface area contributed by atoms with Gasteiger partial charge in [0, 0.05) is 18.2 Å². The van der Waals surface area contributed by atoms with E-state index in [9.17, 15) is 13.6 Å². The minimum absolute atomic E-state index is 0.128. The highest BCUT2D eigenvalue weighted by Gasteiger charge is 2.19. The number of hydrogen-bond acceptors (Lipinski definition) is 2. The molecule has 3 nitrogen and oxygen atoms in total. The number of amides is 1. The third kappa shape index (κ3) is 3.22. The van der Waals surface area contributed by atoms with Crippen molar-refractivity contribution in [2.24, 2.45) is 0 Å². The van der Waals surface area contributed by atoms with Gasteiger partial charge in [-0.3, -0.25) is 4.79 Å². The maximum atomic E-state index is 14.1. The molecule has 0 bridgehead atoms. The van der Waals surface area contributed by atoms with Crippen molar-refractivity contribution in [3.8, 4) is 0 Å². The second kappa shape index (κ2) is 6.13. The van der Waals surface area contributed by atoms with Crippen LogP contribution in [0.4, 0.5) is 8.78 Å². The van der Waals surface area contributed by atoms with Crippen LogP contribution in [0.1, 0.15) is 36.2 Å². The summed E-state index contributed by atoms with van der Waals surface area (Å²) in [6.07, 6.45) is 2.49. The van der Waals surface area contributed by atoms with E-state index in [1.807, 2.05) is 6.08 Å². The van der Waals surface area contributed by atoms with Crippen LogP contribution in [0.3, 0.4) is 0 Å². The fraction of sp³-hybridized carbons (Fsp3) is 0.400. The second-order valence-electron chi connectivity index (χ2n) is 5.12. The van der Waals surface area contributed by atoms with E-state index in [4.69, 9.17) is 0 Å². The molecular formula is C15H18F2N2O. The standard InChI is InChI=1S/C15H18F2N2O/c1-9(2)19-15(20)12-8-13(16)11(7-14(12)17)10-3-5-18-6-4-10/h3,7-9,18H,4-6H2,1-2H3,(H,19,20). The van der Waals surface area contributed by atoms with Gasteiger partial charge < -0.3 is 10.6 Å². The summed E-state index contributed by atoms with van der Waals surface area (Å²) in [6, 6.07) is 1.96. The summed E-state index contributed by atoms with van der Waals surface area (Å²) in [4.78, 5) is 11.8. The molecule has 1 amide bonds. The van der Waals surface area contributed by atoms with Crippen LogP contribution in [0.2, 0.25) is 0 Å². The third-order valence-electron chi connectivity index (χ3n) is 3.13. The first-order valence-electron chi connectivity index (χ1n) is 6.69. The van der Waals surface area contributed by atoms with Gasteiger partial charge in [0.1, 0.15) is 11.6 Å². The maximum absolute atomic E-state index is 14.1. The molecule has 0 radical (unpaired) electrons. The summed E-state index contributed by atoms with van der Waals surface area (Å²) in [5.74, 6) is -1.85. The van der Waals surface area contributed by atoms with Crippen molar-refractivity contribution in [1.29, 1.82) is 0 Å². The van der Waals surface area contributed by atoms with Gasteiger partial charge in [-0.2, -0.15) is 0 Å². The van der Waals surface area contributed by atoms with Crippen molar-refractivity contribution >= 4 is 11.5 Å². The lowest BCUT2D eigenvalue weighted by Crippen LogP contribution is -2.31. The Balaban J connectivity index is 2.33. The Morgan fingerprint density at radius 3 is 2.65 bits per heavy atom. The van der Waals surface area contributed by atoms with Crippen LogP contribution in [-0.4, -0.2) is 25.0 Å². The predicted molar refractivity (Wildman–Crippen MR) is 74.4 cm³/mol. The first-order chi connectivity index (χ1) is 9.49. The number of hydrogen-bond donors (Lipinski definition) is 2. The van der Waals surface area contributed by atoms with Gasteiger partial charge in [0.25, 0.3) is 5.91 Å². The molecule has 108 valence electrons. The Kier molecular flexibility index (Phi) is 4.49. The van der Waals surface area contributed by atoms with Crippen molar-refractivity contribution in [2.75, 3.05) is 13.1 Å². The number of rotatable bonds is 3. The number of nitrogens with one attached hydrogen (secondary N) is 2. The molecule has 2 rings (SSSR count). The van der Waals surface area contributed by atoms with Crippen LogP contribution in [0.5, 0.6) is 0 Å². The summed E-state index contributed by atoms with van der Waals surface area (Å²) in [6.45, 7) is 4.91. The van der Waals surface area contributed by atoms with Gasteiger partial charge in [-0.05, 0) is 44.5 Å². The van der Waals surface area contributed by atoms with E-state index in [-0.39, 0.29) is 17.2 Å². The van der Waals surface area contributed by atoms with Crippen LogP contribution in [0.25, 0.3) is 5.57 Å². The summed E-state index contributed by atoms with van der Waals surface area (Å²) >= 11 is 0. The Hall–Kier alpha value is -1.75. The summed E-state index contributed by atoms with van der Waals surface area (Å²) < 4.78 is 28.1. The molecule has 1 aliphatic heterocycles. The highest BCUT2D eigenvalue weighted by atomic mass is 19.1. The topological polar surface area (TPSA) is 41.1 Å². The van der Waals surface area contributed by atoms with Crippen molar-refractivity contribution in [1.82, 2.24) is 10.6 Å². The first-order valence-corrected chi connectivity index (χ1v) is 6.69. The molecule has 20 heavy (non-hydrogen) atoms. The molecular weight excluding hydrogens is 262 g/mol. The lowest BCUT2D eigenvalue weighted by atomic mass is 9.98. The summed E-state index contributed by atoms with van der Waals surface area (Å²) in [5.41, 5.74) is 0.760. The molecule has 1 heterocycles. The van der Waals surface area contributed by atoms with E-state index in [1.165, 1.54) is 0 Å². The third-order valence-corrected chi connectivity index (χ3v) is 3.13. The predicted octanol–water partition coefficient (Wildman–Crippen LogP) is 2.48. The summed E-state index contributed by atoms with van der Waals surface area (Å²) in [7, 11) is 0. The molecule has 1 aliphatic rings. The van der Waals surface area contributed by atoms with Gasteiger partial charge in [0.15, 0.2) is 0 Å². The minimum atomic E-state index is -0.695. The normalized spacial score (nSPS) is 15.2. The van der Waals surface area contributed by atoms with E-state index >= 15 is 0 Å². The zero-order valence-electron chi connectivity index (χ0n) is 11.6. The van der Waals surface area contributed by atoms with Crippen LogP contribution in [0.15, 0.2) is 18.2 Å². The average molecular weight is 280 g/mol. The van der Waals surface area contributed by atoms with E-state index in [2.05, 4.69) is 10.6 Å². The molecule has 0 aliphatic carbocycles. The van der Waals surface area contributed by atoms with Gasteiger partial charge in [0.2, 0.25) is 0 Å². The monoisotopic (exact) mass is 280 g/mol. The highest BCUT2D eigenvalue weighted by molar-refractivity contribution is 5.95. The molecule has 1 aromatic rings. The first kappa shape index (κ1) is 14.7. The smallest absolute Gasteiger partial charge is 0.254 e. The minimum Gasteiger partial charge on any atom is -0.350 e. The van der Waals surface area contributed by atoms with Gasteiger partial charge >= 0.3 is 0 Å². The maximum Gasteiger partial charge on any atom is 0.254 e. The molecule has 0 fully saturated rings.